The minimum Gasteiger partial charge on any atom is -0.345 e. The molecule has 0 aromatic heterocycles. The standard InChI is InChI=1S/C16H16N2/c1-12-7-13(2)9-16(8-12)18(3)15-6-4-5-14(10-15)11-17/h4-10H,1-3H3. The normalized spacial score (nSPS) is 9.89. The maximum absolute atomic E-state index is 8.93. The summed E-state index contributed by atoms with van der Waals surface area (Å²) in [5.41, 5.74) is 5.34. The van der Waals surface area contributed by atoms with Gasteiger partial charge >= 0.3 is 0 Å². The summed E-state index contributed by atoms with van der Waals surface area (Å²) in [6, 6.07) is 16.3. The lowest BCUT2D eigenvalue weighted by Crippen LogP contribution is -2.09. The van der Waals surface area contributed by atoms with Gasteiger partial charge in [0, 0.05) is 18.4 Å². The van der Waals surface area contributed by atoms with E-state index in [0.29, 0.717) is 5.56 Å². The van der Waals surface area contributed by atoms with Crippen molar-refractivity contribution >= 4 is 11.4 Å². The van der Waals surface area contributed by atoms with E-state index < -0.39 is 0 Å². The summed E-state index contributed by atoms with van der Waals surface area (Å²) in [6.45, 7) is 4.19. The molecule has 0 unspecified atom stereocenters. The molecule has 0 amide bonds. The molecule has 0 aliphatic carbocycles. The van der Waals surface area contributed by atoms with Gasteiger partial charge in [-0.05, 0) is 55.3 Å². The first-order valence-electron chi connectivity index (χ1n) is 5.92. The molecule has 0 aliphatic heterocycles. The summed E-state index contributed by atoms with van der Waals surface area (Å²) >= 11 is 0. The monoisotopic (exact) mass is 236 g/mol. The van der Waals surface area contributed by atoms with Crippen molar-refractivity contribution in [1.82, 2.24) is 0 Å². The molecule has 0 heterocycles. The second-order valence-corrected chi connectivity index (χ2v) is 4.57. The molecule has 2 rings (SSSR count). The first-order chi connectivity index (χ1) is 8.60. The molecular formula is C16H16N2. The quantitative estimate of drug-likeness (QED) is 0.789. The zero-order chi connectivity index (χ0) is 13.1. The molecule has 2 heteroatoms. The van der Waals surface area contributed by atoms with Crippen molar-refractivity contribution in [2.75, 3.05) is 11.9 Å². The van der Waals surface area contributed by atoms with Crippen molar-refractivity contribution in [3.05, 3.63) is 59.2 Å². The number of rotatable bonds is 2. The molecule has 0 radical (unpaired) electrons. The Bertz CT molecular complexity index is 588. The minimum absolute atomic E-state index is 0.684. The SMILES string of the molecule is Cc1cc(C)cc(N(C)c2cccc(C#N)c2)c1. The summed E-state index contributed by atoms with van der Waals surface area (Å²) in [5, 5.41) is 8.93. The number of nitrogens with zero attached hydrogens (tertiary/aromatic N) is 2. The number of hydrogen-bond acceptors (Lipinski definition) is 2. The average molecular weight is 236 g/mol. The highest BCUT2D eigenvalue weighted by Crippen LogP contribution is 2.26. The van der Waals surface area contributed by atoms with Crippen molar-refractivity contribution in [1.29, 1.82) is 5.26 Å². The predicted molar refractivity (Wildman–Crippen MR) is 75.1 cm³/mol. The number of hydrogen-bond donors (Lipinski definition) is 0. The Kier molecular flexibility index (Phi) is 3.34. The lowest BCUT2D eigenvalue weighted by Gasteiger charge is -2.20. The van der Waals surface area contributed by atoms with Crippen LogP contribution in [0.4, 0.5) is 11.4 Å². The summed E-state index contributed by atoms with van der Waals surface area (Å²) in [4.78, 5) is 2.10. The third-order valence-electron chi connectivity index (χ3n) is 2.96. The molecule has 0 spiro atoms. The molecule has 0 saturated carbocycles. The molecule has 0 bridgehead atoms. The van der Waals surface area contributed by atoms with Crippen LogP contribution in [-0.2, 0) is 0 Å². The van der Waals surface area contributed by atoms with E-state index in [1.165, 1.54) is 11.1 Å². The van der Waals surface area contributed by atoms with Crippen molar-refractivity contribution in [2.24, 2.45) is 0 Å². The predicted octanol–water partition coefficient (Wildman–Crippen LogP) is 3.94. The summed E-state index contributed by atoms with van der Waals surface area (Å²) < 4.78 is 0. The van der Waals surface area contributed by atoms with E-state index in [1.807, 2.05) is 31.3 Å². The van der Waals surface area contributed by atoms with Crippen LogP contribution >= 0.6 is 0 Å². The first-order valence-corrected chi connectivity index (χ1v) is 5.92. The lowest BCUT2D eigenvalue weighted by molar-refractivity contribution is 1.19. The Morgan fingerprint density at radius 3 is 2.22 bits per heavy atom. The molecule has 90 valence electrons. The summed E-state index contributed by atoms with van der Waals surface area (Å²) in [6.07, 6.45) is 0. The molecular weight excluding hydrogens is 220 g/mol. The Morgan fingerprint density at radius 2 is 1.61 bits per heavy atom. The van der Waals surface area contributed by atoms with Gasteiger partial charge in [-0.3, -0.25) is 0 Å². The highest BCUT2D eigenvalue weighted by Gasteiger charge is 2.05. The Balaban J connectivity index is 2.41. The molecule has 0 fully saturated rings. The number of benzene rings is 2. The van der Waals surface area contributed by atoms with E-state index in [9.17, 15) is 0 Å². The van der Waals surface area contributed by atoms with Crippen molar-refractivity contribution in [3.8, 4) is 6.07 Å². The molecule has 0 saturated heterocycles. The molecule has 0 aliphatic rings. The largest absolute Gasteiger partial charge is 0.345 e. The van der Waals surface area contributed by atoms with Gasteiger partial charge in [0.15, 0.2) is 0 Å². The van der Waals surface area contributed by atoms with Crippen molar-refractivity contribution < 1.29 is 0 Å². The second-order valence-electron chi connectivity index (χ2n) is 4.57. The highest BCUT2D eigenvalue weighted by atomic mass is 15.1. The van der Waals surface area contributed by atoms with Crippen LogP contribution in [0.15, 0.2) is 42.5 Å². The van der Waals surface area contributed by atoms with E-state index in [4.69, 9.17) is 5.26 Å². The molecule has 0 N–H and O–H groups in total. The van der Waals surface area contributed by atoms with Gasteiger partial charge in [0.25, 0.3) is 0 Å². The Hall–Kier alpha value is -2.27. The van der Waals surface area contributed by atoms with E-state index in [-0.39, 0.29) is 0 Å². The van der Waals surface area contributed by atoms with Crippen LogP contribution in [0.2, 0.25) is 0 Å². The smallest absolute Gasteiger partial charge is 0.0992 e. The fraction of sp³-hybridized carbons (Fsp3) is 0.188. The van der Waals surface area contributed by atoms with E-state index >= 15 is 0 Å². The van der Waals surface area contributed by atoms with Crippen LogP contribution < -0.4 is 4.90 Å². The van der Waals surface area contributed by atoms with Crippen molar-refractivity contribution in [2.45, 2.75) is 13.8 Å². The third-order valence-corrected chi connectivity index (χ3v) is 2.96. The summed E-state index contributed by atoms with van der Waals surface area (Å²) in [7, 11) is 2.02. The van der Waals surface area contributed by atoms with E-state index in [1.54, 1.807) is 0 Å². The van der Waals surface area contributed by atoms with Crippen LogP contribution in [0.5, 0.6) is 0 Å². The molecule has 2 aromatic rings. The molecule has 18 heavy (non-hydrogen) atoms. The van der Waals surface area contributed by atoms with Gasteiger partial charge in [-0.1, -0.05) is 12.1 Å². The van der Waals surface area contributed by atoms with Crippen LogP contribution in [0.25, 0.3) is 0 Å². The van der Waals surface area contributed by atoms with Gasteiger partial charge < -0.3 is 4.90 Å². The van der Waals surface area contributed by atoms with Gasteiger partial charge in [-0.25, -0.2) is 0 Å². The third kappa shape index (κ3) is 2.52. The number of anilines is 2. The van der Waals surface area contributed by atoms with Gasteiger partial charge in [-0.2, -0.15) is 5.26 Å². The van der Waals surface area contributed by atoms with Gasteiger partial charge in [-0.15, -0.1) is 0 Å². The fourth-order valence-electron chi connectivity index (χ4n) is 2.08. The lowest BCUT2D eigenvalue weighted by atomic mass is 10.1. The van der Waals surface area contributed by atoms with Crippen LogP contribution in [0.3, 0.4) is 0 Å². The van der Waals surface area contributed by atoms with Gasteiger partial charge in [0.2, 0.25) is 0 Å². The average Bonchev–Trinajstić information content (AvgIpc) is 2.37. The Labute approximate surface area is 108 Å². The number of aryl methyl sites for hydroxylation is 2. The minimum atomic E-state index is 0.684. The second kappa shape index (κ2) is 4.93. The maximum Gasteiger partial charge on any atom is 0.0992 e. The number of nitriles is 1. The van der Waals surface area contributed by atoms with Gasteiger partial charge in [0.1, 0.15) is 0 Å². The Morgan fingerprint density at radius 1 is 0.944 bits per heavy atom. The van der Waals surface area contributed by atoms with Crippen LogP contribution in [-0.4, -0.2) is 7.05 Å². The van der Waals surface area contributed by atoms with Crippen LogP contribution in [0, 0.1) is 25.2 Å². The maximum atomic E-state index is 8.93. The van der Waals surface area contributed by atoms with Crippen LogP contribution in [0.1, 0.15) is 16.7 Å². The van der Waals surface area contributed by atoms with E-state index in [0.717, 1.165) is 11.4 Å². The fourth-order valence-corrected chi connectivity index (χ4v) is 2.08. The zero-order valence-corrected chi connectivity index (χ0v) is 10.9. The zero-order valence-electron chi connectivity index (χ0n) is 10.9. The molecule has 2 nitrogen and oxygen atoms in total. The molecule has 0 atom stereocenters. The summed E-state index contributed by atoms with van der Waals surface area (Å²) in [5.74, 6) is 0. The highest BCUT2D eigenvalue weighted by molar-refractivity contribution is 5.65. The topological polar surface area (TPSA) is 27.0 Å². The van der Waals surface area contributed by atoms with Crippen molar-refractivity contribution in [3.63, 3.8) is 0 Å². The molecule has 2 aromatic carbocycles. The van der Waals surface area contributed by atoms with E-state index in [2.05, 4.69) is 43.0 Å². The first kappa shape index (κ1) is 12.2. The van der Waals surface area contributed by atoms with Gasteiger partial charge in [0.05, 0.1) is 11.6 Å².